The fraction of sp³-hybridized carbons (Fsp3) is 0.625. The van der Waals surface area contributed by atoms with Gasteiger partial charge < -0.3 is 14.9 Å². The van der Waals surface area contributed by atoms with Crippen molar-refractivity contribution in [3.8, 4) is 0 Å². The van der Waals surface area contributed by atoms with Gasteiger partial charge in [0.15, 0.2) is 0 Å². The number of carbonyl (C=O) groups is 1. The third-order valence-corrected chi connectivity index (χ3v) is 1.96. The number of carbonyl (C=O) groups excluding carboxylic acids is 1. The highest BCUT2D eigenvalue weighted by molar-refractivity contribution is 5.72. The first kappa shape index (κ1) is 9.22. The molecule has 0 aliphatic carbocycles. The molecule has 3 atom stereocenters. The second-order valence-corrected chi connectivity index (χ2v) is 2.81. The summed E-state index contributed by atoms with van der Waals surface area (Å²) < 4.78 is 4.80. The van der Waals surface area contributed by atoms with Crippen molar-refractivity contribution in [1.29, 1.82) is 0 Å². The summed E-state index contributed by atoms with van der Waals surface area (Å²) >= 11 is 0. The minimum absolute atomic E-state index is 0.181. The van der Waals surface area contributed by atoms with E-state index in [-0.39, 0.29) is 18.3 Å². The van der Waals surface area contributed by atoms with Crippen LogP contribution >= 0.6 is 0 Å². The summed E-state index contributed by atoms with van der Waals surface area (Å²) in [6.07, 6.45) is 0.180. The second-order valence-electron chi connectivity index (χ2n) is 2.81. The Morgan fingerprint density at radius 3 is 3.00 bits per heavy atom. The third-order valence-electron chi connectivity index (χ3n) is 1.96. The van der Waals surface area contributed by atoms with E-state index in [1.54, 1.807) is 6.08 Å². The number of ether oxygens (including phenoxy) is 1. The highest BCUT2D eigenvalue weighted by atomic mass is 16.6. The Hall–Kier alpha value is -0.870. The van der Waals surface area contributed by atoms with Gasteiger partial charge in [-0.2, -0.15) is 0 Å². The number of hydrogen-bond donors (Lipinski definition) is 2. The van der Waals surface area contributed by atoms with E-state index >= 15 is 0 Å². The second kappa shape index (κ2) is 3.69. The maximum Gasteiger partial charge on any atom is 0.306 e. The smallest absolute Gasteiger partial charge is 0.306 e. The molecule has 1 aliphatic heterocycles. The van der Waals surface area contributed by atoms with Crippen molar-refractivity contribution in [3.63, 3.8) is 0 Å². The van der Waals surface area contributed by atoms with Gasteiger partial charge >= 0.3 is 5.97 Å². The summed E-state index contributed by atoms with van der Waals surface area (Å²) in [7, 11) is 0. The Balaban J connectivity index is 2.62. The van der Waals surface area contributed by atoms with Crippen molar-refractivity contribution < 1.29 is 19.7 Å². The lowest BCUT2D eigenvalue weighted by atomic mass is 9.98. The van der Waals surface area contributed by atoms with Crippen LogP contribution in [0.25, 0.3) is 0 Å². The Morgan fingerprint density at radius 2 is 2.50 bits per heavy atom. The van der Waals surface area contributed by atoms with Crippen molar-refractivity contribution in [2.75, 3.05) is 6.61 Å². The van der Waals surface area contributed by atoms with Gasteiger partial charge in [-0.1, -0.05) is 6.08 Å². The lowest BCUT2D eigenvalue weighted by Gasteiger charge is -2.18. The van der Waals surface area contributed by atoms with Gasteiger partial charge in [0.05, 0.1) is 13.0 Å². The lowest BCUT2D eigenvalue weighted by molar-refractivity contribution is -0.146. The molecular formula is C8H12O4. The number of hydrogen-bond acceptors (Lipinski definition) is 4. The van der Waals surface area contributed by atoms with Crippen LogP contribution in [0.15, 0.2) is 12.7 Å². The van der Waals surface area contributed by atoms with Crippen molar-refractivity contribution in [2.45, 2.75) is 18.6 Å². The molecule has 0 saturated carbocycles. The zero-order valence-electron chi connectivity index (χ0n) is 6.64. The summed E-state index contributed by atoms with van der Waals surface area (Å²) in [4.78, 5) is 10.8. The molecule has 0 radical (unpaired) electrons. The van der Waals surface area contributed by atoms with Crippen LogP contribution < -0.4 is 0 Å². The van der Waals surface area contributed by atoms with Gasteiger partial charge in [0.1, 0.15) is 12.2 Å². The summed E-state index contributed by atoms with van der Waals surface area (Å²) in [6.45, 7) is 3.12. The van der Waals surface area contributed by atoms with Crippen molar-refractivity contribution in [1.82, 2.24) is 0 Å². The number of esters is 1. The molecule has 68 valence electrons. The molecule has 1 fully saturated rings. The average Bonchev–Trinajstić information content (AvgIpc) is 2.45. The predicted molar refractivity (Wildman–Crippen MR) is 41.3 cm³/mol. The number of rotatable bonds is 3. The van der Waals surface area contributed by atoms with Gasteiger partial charge in [0.2, 0.25) is 0 Å². The van der Waals surface area contributed by atoms with E-state index in [4.69, 9.17) is 9.84 Å². The summed E-state index contributed by atoms with van der Waals surface area (Å²) in [5.41, 5.74) is 0. The molecule has 4 nitrogen and oxygen atoms in total. The highest BCUT2D eigenvalue weighted by Gasteiger charge is 2.37. The van der Waals surface area contributed by atoms with Crippen molar-refractivity contribution in [3.05, 3.63) is 12.7 Å². The molecule has 1 rings (SSSR count). The SMILES string of the molecule is C=C[C@H]1CC(=O)O[C@H]1[C@H](O)CO. The fourth-order valence-electron chi connectivity index (χ4n) is 1.28. The van der Waals surface area contributed by atoms with E-state index in [9.17, 15) is 9.90 Å². The maximum absolute atomic E-state index is 10.8. The first-order chi connectivity index (χ1) is 5.69. The molecule has 0 amide bonds. The standard InChI is InChI=1S/C8H12O4/c1-2-5-3-7(11)12-8(5)6(10)4-9/h2,5-6,8-10H,1,3-4H2/t5-,6+,8+/m0/s1. The molecule has 1 saturated heterocycles. The van der Waals surface area contributed by atoms with Crippen LogP contribution in [0.4, 0.5) is 0 Å². The molecule has 12 heavy (non-hydrogen) atoms. The predicted octanol–water partition coefficient (Wildman–Crippen LogP) is -0.543. The first-order valence-electron chi connectivity index (χ1n) is 3.80. The Bertz CT molecular complexity index is 189. The molecule has 4 heteroatoms. The highest BCUT2D eigenvalue weighted by Crippen LogP contribution is 2.25. The summed E-state index contributed by atoms with van der Waals surface area (Å²) in [5.74, 6) is -0.531. The van der Waals surface area contributed by atoms with Gasteiger partial charge in [0.25, 0.3) is 0 Å². The molecule has 0 aromatic carbocycles. The molecule has 1 aliphatic rings. The Kier molecular flexibility index (Phi) is 2.83. The van der Waals surface area contributed by atoms with E-state index in [0.717, 1.165) is 0 Å². The minimum Gasteiger partial charge on any atom is -0.459 e. The average molecular weight is 172 g/mol. The van der Waals surface area contributed by atoms with Gasteiger partial charge in [-0.3, -0.25) is 4.79 Å². The number of aliphatic hydroxyl groups excluding tert-OH is 2. The van der Waals surface area contributed by atoms with Crippen LogP contribution in [-0.4, -0.2) is 35.0 Å². The summed E-state index contributed by atoms with van der Waals surface area (Å²) in [5, 5.41) is 17.8. The van der Waals surface area contributed by atoms with Crippen LogP contribution in [-0.2, 0) is 9.53 Å². The normalized spacial score (nSPS) is 31.3. The lowest BCUT2D eigenvalue weighted by Crippen LogP contribution is -2.33. The van der Waals surface area contributed by atoms with Gasteiger partial charge in [-0.05, 0) is 0 Å². The van der Waals surface area contributed by atoms with Crippen LogP contribution in [0.3, 0.4) is 0 Å². The van der Waals surface area contributed by atoms with Crippen molar-refractivity contribution >= 4 is 5.97 Å². The first-order valence-corrected chi connectivity index (χ1v) is 3.80. The largest absolute Gasteiger partial charge is 0.459 e. The van der Waals surface area contributed by atoms with E-state index in [1.807, 2.05) is 0 Å². The van der Waals surface area contributed by atoms with E-state index < -0.39 is 18.8 Å². The molecule has 0 bridgehead atoms. The van der Waals surface area contributed by atoms with Crippen molar-refractivity contribution in [2.24, 2.45) is 5.92 Å². The van der Waals surface area contributed by atoms with Gasteiger partial charge in [0, 0.05) is 5.92 Å². The van der Waals surface area contributed by atoms with Crippen LogP contribution in [0.5, 0.6) is 0 Å². The number of cyclic esters (lactones) is 1. The molecule has 0 spiro atoms. The van der Waals surface area contributed by atoms with Crippen LogP contribution in [0.2, 0.25) is 0 Å². The molecule has 0 aromatic heterocycles. The Morgan fingerprint density at radius 1 is 1.83 bits per heavy atom. The minimum atomic E-state index is -1.00. The maximum atomic E-state index is 10.8. The summed E-state index contributed by atoms with van der Waals surface area (Å²) in [6, 6.07) is 0. The Labute approximate surface area is 70.5 Å². The zero-order valence-corrected chi connectivity index (χ0v) is 6.64. The zero-order chi connectivity index (χ0) is 9.14. The monoisotopic (exact) mass is 172 g/mol. The topological polar surface area (TPSA) is 66.8 Å². The molecule has 2 N–H and O–H groups in total. The van der Waals surface area contributed by atoms with Gasteiger partial charge in [-0.25, -0.2) is 0 Å². The molecule has 0 aromatic rings. The van der Waals surface area contributed by atoms with Crippen LogP contribution in [0.1, 0.15) is 6.42 Å². The molecule has 1 heterocycles. The van der Waals surface area contributed by atoms with E-state index in [1.165, 1.54) is 0 Å². The van der Waals surface area contributed by atoms with Gasteiger partial charge in [-0.15, -0.1) is 6.58 Å². The third kappa shape index (κ3) is 1.65. The van der Waals surface area contributed by atoms with E-state index in [2.05, 4.69) is 6.58 Å². The molecule has 0 unspecified atom stereocenters. The molecular weight excluding hydrogens is 160 g/mol. The van der Waals surface area contributed by atoms with E-state index in [0.29, 0.717) is 0 Å². The fourth-order valence-corrected chi connectivity index (χ4v) is 1.28. The quantitative estimate of drug-likeness (QED) is 0.443. The van der Waals surface area contributed by atoms with Crippen LogP contribution in [0, 0.1) is 5.92 Å². The number of aliphatic hydroxyl groups is 2.